The number of urea groups is 1. The van der Waals surface area contributed by atoms with E-state index < -0.39 is 35.3 Å². The molecule has 0 spiro atoms. The maximum atomic E-state index is 13.7. The van der Waals surface area contributed by atoms with Gasteiger partial charge >= 0.3 is 6.03 Å². The summed E-state index contributed by atoms with van der Waals surface area (Å²) < 4.78 is 0. The molecule has 0 saturated heterocycles. The first-order chi connectivity index (χ1) is 17.3. The minimum atomic E-state index is -1.72. The summed E-state index contributed by atoms with van der Waals surface area (Å²) in [5.74, 6) is -1.16. The van der Waals surface area contributed by atoms with Crippen LogP contribution in [0.4, 0.5) is 4.79 Å². The smallest absolute Gasteiger partial charge is 0.316 e. The average molecular weight is 505 g/mol. The zero-order chi connectivity index (χ0) is 27.7. The van der Waals surface area contributed by atoms with Gasteiger partial charge in [-0.25, -0.2) is 4.79 Å². The molecule has 4 N–H and O–H groups in total. The molecule has 0 saturated carbocycles. The van der Waals surface area contributed by atoms with Crippen LogP contribution >= 0.6 is 0 Å². The monoisotopic (exact) mass is 504 g/mol. The number of hydrogen-bond acceptors (Lipinski definition) is 5. The van der Waals surface area contributed by atoms with Crippen LogP contribution in [0.25, 0.3) is 10.8 Å². The van der Waals surface area contributed by atoms with Crippen molar-refractivity contribution >= 4 is 28.6 Å². The molecule has 2 aromatic rings. The zero-order valence-electron chi connectivity index (χ0n) is 22.2. The Morgan fingerprint density at radius 2 is 1.54 bits per heavy atom. The van der Waals surface area contributed by atoms with Crippen molar-refractivity contribution in [3.63, 3.8) is 0 Å². The topological polar surface area (TPSA) is 147 Å². The molecule has 0 fully saturated rings. The van der Waals surface area contributed by atoms with E-state index >= 15 is 0 Å². The number of benzene rings is 2. The van der Waals surface area contributed by atoms with E-state index in [-0.39, 0.29) is 24.9 Å². The molecule has 37 heavy (non-hydrogen) atoms. The summed E-state index contributed by atoms with van der Waals surface area (Å²) in [6.07, 6.45) is 0.351. The predicted molar refractivity (Wildman–Crippen MR) is 142 cm³/mol. The Bertz CT molecular complexity index is 1220. The van der Waals surface area contributed by atoms with Crippen LogP contribution in [0.5, 0.6) is 0 Å². The molecule has 0 heterocycles. The summed E-state index contributed by atoms with van der Waals surface area (Å²) in [6.45, 7) is 9.78. The third-order valence-corrected chi connectivity index (χ3v) is 5.69. The minimum Gasteiger partial charge on any atom is -0.353 e. The van der Waals surface area contributed by atoms with E-state index in [0.29, 0.717) is 12.0 Å². The highest BCUT2D eigenvalue weighted by atomic mass is 16.2. The number of nitriles is 2. The molecule has 0 aliphatic heterocycles. The van der Waals surface area contributed by atoms with E-state index in [1.165, 1.54) is 0 Å². The molecule has 0 aliphatic carbocycles. The Morgan fingerprint density at radius 3 is 2.16 bits per heavy atom. The van der Waals surface area contributed by atoms with E-state index in [1.807, 2.05) is 50.2 Å². The number of nitrogens with zero attached hydrogens (tertiary/aromatic N) is 2. The molecular formula is C28H36N6O3. The lowest BCUT2D eigenvalue weighted by molar-refractivity contribution is -0.128. The predicted octanol–water partition coefficient (Wildman–Crippen LogP) is 3.61. The van der Waals surface area contributed by atoms with Gasteiger partial charge in [0, 0.05) is 12.1 Å². The van der Waals surface area contributed by atoms with Gasteiger partial charge in [-0.2, -0.15) is 10.5 Å². The lowest BCUT2D eigenvalue weighted by atomic mass is 9.82. The fourth-order valence-electron chi connectivity index (χ4n) is 4.59. The van der Waals surface area contributed by atoms with E-state index in [0.717, 1.165) is 10.8 Å². The fraction of sp³-hybridized carbons (Fsp3) is 0.464. The molecule has 2 aromatic carbocycles. The molecule has 0 aliphatic rings. The van der Waals surface area contributed by atoms with Crippen LogP contribution in [0, 0.1) is 28.1 Å². The van der Waals surface area contributed by atoms with Gasteiger partial charge in [-0.3, -0.25) is 9.59 Å². The van der Waals surface area contributed by atoms with Crippen molar-refractivity contribution in [1.29, 1.82) is 10.5 Å². The van der Waals surface area contributed by atoms with Gasteiger partial charge in [0.05, 0.1) is 25.1 Å². The first-order valence-electron chi connectivity index (χ1n) is 12.2. The number of carbonyl (C=O) groups is 3. The van der Waals surface area contributed by atoms with Gasteiger partial charge in [0.15, 0.2) is 5.54 Å². The third kappa shape index (κ3) is 8.50. The standard InChI is InChI=1S/C28H36N6O3/c1-26(2,3)18-27(4,5)33-25(37)34-28(19-32-23(35)13-15-30,24(36)31-16-8-14-29)22-12-11-20-9-6-7-10-21(20)17-22/h6-7,9-12,17H,8,13,16,18-19H2,1-5H3,(H,31,36)(H,32,35)(H2,33,34,37). The molecule has 4 amide bonds. The fourth-order valence-corrected chi connectivity index (χ4v) is 4.59. The zero-order valence-corrected chi connectivity index (χ0v) is 22.2. The number of hydrogen-bond donors (Lipinski definition) is 4. The quantitative estimate of drug-likeness (QED) is 0.365. The highest BCUT2D eigenvalue weighted by molar-refractivity contribution is 5.95. The summed E-state index contributed by atoms with van der Waals surface area (Å²) in [4.78, 5) is 39.3. The van der Waals surface area contributed by atoms with Gasteiger partial charge in [0.25, 0.3) is 5.91 Å². The van der Waals surface area contributed by atoms with E-state index in [9.17, 15) is 14.4 Å². The Kier molecular flexibility index (Phi) is 9.62. The number of nitrogens with one attached hydrogen (secondary N) is 4. The van der Waals surface area contributed by atoms with E-state index in [2.05, 4.69) is 42.0 Å². The Labute approximate surface area is 218 Å². The summed E-state index contributed by atoms with van der Waals surface area (Å²) in [5, 5.41) is 30.8. The van der Waals surface area contributed by atoms with Crippen LogP contribution in [-0.2, 0) is 15.1 Å². The Balaban J connectivity index is 2.56. The van der Waals surface area contributed by atoms with Crippen LogP contribution in [0.1, 0.15) is 59.4 Å². The maximum Gasteiger partial charge on any atom is 0.316 e. The second-order valence-electron chi connectivity index (χ2n) is 10.9. The molecule has 196 valence electrons. The Hall–Kier alpha value is -4.11. The third-order valence-electron chi connectivity index (χ3n) is 5.69. The largest absolute Gasteiger partial charge is 0.353 e. The highest BCUT2D eigenvalue weighted by Gasteiger charge is 2.43. The average Bonchev–Trinajstić information content (AvgIpc) is 2.79. The van der Waals surface area contributed by atoms with Crippen LogP contribution in [0.2, 0.25) is 0 Å². The van der Waals surface area contributed by atoms with Gasteiger partial charge in [0.2, 0.25) is 5.91 Å². The van der Waals surface area contributed by atoms with Crippen molar-refractivity contribution in [2.75, 3.05) is 13.1 Å². The molecule has 9 heteroatoms. The molecule has 0 radical (unpaired) electrons. The van der Waals surface area contributed by atoms with Gasteiger partial charge in [0.1, 0.15) is 6.42 Å². The minimum absolute atomic E-state index is 0.0633. The number of amides is 4. The number of fused-ring (bicyclic) bond motifs is 1. The Morgan fingerprint density at radius 1 is 0.865 bits per heavy atom. The second-order valence-corrected chi connectivity index (χ2v) is 10.9. The van der Waals surface area contributed by atoms with Crippen molar-refractivity contribution in [3.05, 3.63) is 48.0 Å². The molecule has 0 bridgehead atoms. The highest BCUT2D eigenvalue weighted by Crippen LogP contribution is 2.28. The molecular weight excluding hydrogens is 468 g/mol. The molecule has 0 aromatic heterocycles. The normalized spacial score (nSPS) is 12.9. The van der Waals surface area contributed by atoms with E-state index in [1.54, 1.807) is 18.2 Å². The van der Waals surface area contributed by atoms with Crippen LogP contribution < -0.4 is 21.3 Å². The van der Waals surface area contributed by atoms with Gasteiger partial charge < -0.3 is 21.3 Å². The lowest BCUT2D eigenvalue weighted by Crippen LogP contribution is -2.64. The number of carbonyl (C=O) groups excluding carboxylic acids is 3. The first kappa shape index (κ1) is 29.1. The van der Waals surface area contributed by atoms with Crippen LogP contribution in [0.15, 0.2) is 42.5 Å². The van der Waals surface area contributed by atoms with E-state index in [4.69, 9.17) is 10.5 Å². The summed E-state index contributed by atoms with van der Waals surface area (Å²) in [7, 11) is 0. The van der Waals surface area contributed by atoms with Crippen molar-refractivity contribution < 1.29 is 14.4 Å². The summed E-state index contributed by atoms with van der Waals surface area (Å²) >= 11 is 0. The molecule has 1 unspecified atom stereocenters. The maximum absolute atomic E-state index is 13.7. The van der Waals surface area contributed by atoms with Crippen LogP contribution in [0.3, 0.4) is 0 Å². The molecule has 9 nitrogen and oxygen atoms in total. The van der Waals surface area contributed by atoms with Crippen molar-refractivity contribution in [3.8, 4) is 12.1 Å². The first-order valence-corrected chi connectivity index (χ1v) is 12.2. The summed E-state index contributed by atoms with van der Waals surface area (Å²) in [6, 6.07) is 16.1. The van der Waals surface area contributed by atoms with Crippen molar-refractivity contribution in [2.24, 2.45) is 5.41 Å². The van der Waals surface area contributed by atoms with Crippen molar-refractivity contribution in [2.45, 2.75) is 65.0 Å². The summed E-state index contributed by atoms with van der Waals surface area (Å²) in [5.41, 5.74) is -1.93. The van der Waals surface area contributed by atoms with Crippen molar-refractivity contribution in [1.82, 2.24) is 21.3 Å². The van der Waals surface area contributed by atoms with Gasteiger partial charge in [-0.15, -0.1) is 0 Å². The number of rotatable bonds is 10. The molecule has 1 atom stereocenters. The van der Waals surface area contributed by atoms with Crippen LogP contribution in [-0.4, -0.2) is 36.5 Å². The second kappa shape index (κ2) is 12.2. The van der Waals surface area contributed by atoms with Gasteiger partial charge in [-0.1, -0.05) is 57.2 Å². The lowest BCUT2D eigenvalue weighted by Gasteiger charge is -2.37. The molecule has 2 rings (SSSR count). The van der Waals surface area contributed by atoms with Gasteiger partial charge in [-0.05, 0) is 48.1 Å². The SMILES string of the molecule is CC(C)(C)CC(C)(C)NC(=O)NC(CNC(=O)CC#N)(C(=O)NCCC#N)c1ccc2ccccc2c1.